The predicted octanol–water partition coefficient (Wildman–Crippen LogP) is 12.8. The van der Waals surface area contributed by atoms with Gasteiger partial charge < -0.3 is 0 Å². The summed E-state index contributed by atoms with van der Waals surface area (Å²) in [5.74, 6) is 0. The molecule has 0 saturated heterocycles. The molecule has 0 nitrogen and oxygen atoms in total. The lowest BCUT2D eigenvalue weighted by Gasteiger charge is -2.29. The van der Waals surface area contributed by atoms with Crippen LogP contribution in [0.25, 0.3) is 0 Å². The molecule has 0 radical (unpaired) electrons. The highest BCUT2D eigenvalue weighted by molar-refractivity contribution is 9.11. The van der Waals surface area contributed by atoms with Crippen LogP contribution in [0.15, 0.2) is 90.7 Å². The maximum atomic E-state index is 6.14. The van der Waals surface area contributed by atoms with Gasteiger partial charge in [-0.15, -0.1) is 0 Å². The van der Waals surface area contributed by atoms with Crippen molar-refractivity contribution < 1.29 is 0 Å². The van der Waals surface area contributed by atoms with E-state index in [9.17, 15) is 0 Å². The zero-order valence-electron chi connectivity index (χ0n) is 25.0. The molecule has 3 rings (SSSR count). The Bertz CT molecular complexity index is 1050. The van der Waals surface area contributed by atoms with Gasteiger partial charge in [0.25, 0.3) is 0 Å². The van der Waals surface area contributed by atoms with Crippen LogP contribution in [0.5, 0.6) is 0 Å². The molecule has 0 atom stereocenters. The van der Waals surface area contributed by atoms with Crippen LogP contribution in [-0.2, 0) is 0 Å². The van der Waals surface area contributed by atoms with Crippen LogP contribution in [-0.4, -0.2) is 30.9 Å². The van der Waals surface area contributed by atoms with Gasteiger partial charge in [-0.3, -0.25) is 0 Å². The van der Waals surface area contributed by atoms with E-state index in [4.69, 9.17) is 22.2 Å². The third kappa shape index (κ3) is 17.4. The summed E-state index contributed by atoms with van der Waals surface area (Å²) in [6, 6.07) is 31.0. The summed E-state index contributed by atoms with van der Waals surface area (Å²) in [5.41, 5.74) is 0. The van der Waals surface area contributed by atoms with Gasteiger partial charge in [0.1, 0.15) is 14.8 Å². The minimum atomic E-state index is -1.35. The fourth-order valence-electron chi connectivity index (χ4n) is 3.74. The maximum Gasteiger partial charge on any atom is 0.150 e. The smallest absolute Gasteiger partial charge is 0.150 e. The summed E-state index contributed by atoms with van der Waals surface area (Å²) >= 11 is 26.0. The molecule has 0 heterocycles. The summed E-state index contributed by atoms with van der Waals surface area (Å²) in [5, 5.41) is 3.13. The standard InChI is InChI=1S/C18H24Br2Si2.C6H4Br2.C6H16Cl2Si2/c1-21(2,17-9-5-15(19)6-10-17)13-14-22(3,4)18-11-7-16(20)8-12-18;7-5-1-2-6(8)4-3-5;1-9(2,7)5-6-10(3,4)8/h5-12H,13-14H2,1-4H3;1-4H;5-6H2,1-4H3. The van der Waals surface area contributed by atoms with Gasteiger partial charge in [-0.05, 0) is 60.6 Å². The van der Waals surface area contributed by atoms with Crippen LogP contribution < -0.4 is 10.4 Å². The molecule has 0 spiro atoms. The number of hydrogen-bond acceptors (Lipinski definition) is 0. The monoisotopic (exact) mass is 902 g/mol. The second-order valence-electron chi connectivity index (χ2n) is 12.7. The lowest BCUT2D eigenvalue weighted by atomic mass is 10.4. The Morgan fingerprint density at radius 1 is 0.400 bits per heavy atom. The van der Waals surface area contributed by atoms with Crippen LogP contribution in [0, 0.1) is 0 Å². The van der Waals surface area contributed by atoms with E-state index in [1.807, 2.05) is 24.3 Å². The first-order chi connectivity index (χ1) is 18.2. The molecular formula is C30H44Br4Cl2Si4. The van der Waals surface area contributed by atoms with Gasteiger partial charge in [-0.2, -0.15) is 22.2 Å². The second kappa shape index (κ2) is 17.5. The van der Waals surface area contributed by atoms with Gasteiger partial charge in [0, 0.05) is 17.9 Å². The average molecular weight is 908 g/mol. The first kappa shape index (κ1) is 39.1. The van der Waals surface area contributed by atoms with Crippen molar-refractivity contribution in [2.24, 2.45) is 0 Å². The average Bonchev–Trinajstić information content (AvgIpc) is 2.84. The van der Waals surface area contributed by atoms with E-state index in [1.165, 1.54) is 21.0 Å². The second-order valence-corrected chi connectivity index (χ2v) is 40.0. The third-order valence-electron chi connectivity index (χ3n) is 6.74. The van der Waals surface area contributed by atoms with E-state index < -0.39 is 30.9 Å². The fourth-order valence-corrected chi connectivity index (χ4v) is 19.0. The van der Waals surface area contributed by atoms with E-state index in [0.717, 1.165) is 21.0 Å². The predicted molar refractivity (Wildman–Crippen MR) is 210 cm³/mol. The Morgan fingerprint density at radius 2 is 0.600 bits per heavy atom. The van der Waals surface area contributed by atoms with Gasteiger partial charge in [0.2, 0.25) is 0 Å². The summed E-state index contributed by atoms with van der Waals surface area (Å²) in [7, 11) is -5.39. The summed E-state index contributed by atoms with van der Waals surface area (Å²) < 4.78 is 4.57. The van der Waals surface area contributed by atoms with Crippen molar-refractivity contribution in [2.75, 3.05) is 0 Å². The van der Waals surface area contributed by atoms with Crippen molar-refractivity contribution in [3.63, 3.8) is 0 Å². The molecule has 3 aromatic rings. The summed E-state index contributed by atoms with van der Waals surface area (Å²) in [6.07, 6.45) is 0. The van der Waals surface area contributed by atoms with E-state index in [2.05, 4.69) is 165 Å². The molecule has 222 valence electrons. The van der Waals surface area contributed by atoms with E-state index in [-0.39, 0.29) is 0 Å². The molecule has 0 bridgehead atoms. The lowest BCUT2D eigenvalue weighted by molar-refractivity contribution is 1.29. The third-order valence-corrected chi connectivity index (χ3v) is 20.7. The Balaban J connectivity index is 0.000000366. The number of rotatable bonds is 8. The molecule has 0 fully saturated rings. The maximum absolute atomic E-state index is 6.14. The molecule has 0 aliphatic carbocycles. The Morgan fingerprint density at radius 3 is 0.800 bits per heavy atom. The molecule has 0 aliphatic rings. The first-order valence-electron chi connectivity index (χ1n) is 13.5. The summed E-state index contributed by atoms with van der Waals surface area (Å²) in [6.45, 7) is 18.7. The molecule has 40 heavy (non-hydrogen) atoms. The quantitative estimate of drug-likeness (QED) is 0.156. The number of hydrogen-bond donors (Lipinski definition) is 0. The minimum absolute atomic E-state index is 1.11. The topological polar surface area (TPSA) is 0 Å². The molecule has 0 aliphatic heterocycles. The fraction of sp³-hybridized carbons (Fsp3) is 0.400. The van der Waals surface area contributed by atoms with Gasteiger partial charge in [0.15, 0.2) is 0 Å². The van der Waals surface area contributed by atoms with Crippen LogP contribution >= 0.6 is 85.9 Å². The van der Waals surface area contributed by atoms with Crippen molar-refractivity contribution >= 4 is 127 Å². The molecule has 0 amide bonds. The van der Waals surface area contributed by atoms with E-state index in [1.54, 1.807) is 10.4 Å². The normalized spacial score (nSPS) is 12.2. The summed E-state index contributed by atoms with van der Waals surface area (Å²) in [4.78, 5) is 0. The van der Waals surface area contributed by atoms with Gasteiger partial charge in [0.05, 0.1) is 16.1 Å². The van der Waals surface area contributed by atoms with Gasteiger partial charge >= 0.3 is 0 Å². The van der Waals surface area contributed by atoms with E-state index in [0.29, 0.717) is 0 Å². The highest BCUT2D eigenvalue weighted by Crippen LogP contribution is 2.25. The van der Waals surface area contributed by atoms with Crippen LogP contribution in [0.4, 0.5) is 0 Å². The Kier molecular flexibility index (Phi) is 17.1. The van der Waals surface area contributed by atoms with Crippen LogP contribution in [0.2, 0.25) is 76.6 Å². The van der Waals surface area contributed by atoms with Crippen molar-refractivity contribution in [3.05, 3.63) is 90.7 Å². The van der Waals surface area contributed by atoms with Crippen molar-refractivity contribution in [1.82, 2.24) is 0 Å². The van der Waals surface area contributed by atoms with Crippen molar-refractivity contribution in [2.45, 2.75) is 76.6 Å². The number of benzene rings is 3. The zero-order valence-corrected chi connectivity index (χ0v) is 36.9. The van der Waals surface area contributed by atoms with Gasteiger partial charge in [-0.1, -0.05) is 163 Å². The molecule has 0 N–H and O–H groups in total. The Hall–Kier alpha value is 1.03. The largest absolute Gasteiger partial charge is 0.168 e. The van der Waals surface area contributed by atoms with E-state index >= 15 is 0 Å². The highest BCUT2D eigenvalue weighted by atomic mass is 79.9. The molecule has 0 saturated carbocycles. The highest BCUT2D eigenvalue weighted by Gasteiger charge is 2.30. The van der Waals surface area contributed by atoms with Crippen molar-refractivity contribution in [1.29, 1.82) is 0 Å². The lowest BCUT2D eigenvalue weighted by Crippen LogP contribution is -2.47. The van der Waals surface area contributed by atoms with Crippen LogP contribution in [0.3, 0.4) is 0 Å². The molecule has 0 unspecified atom stereocenters. The molecule has 0 aromatic heterocycles. The molecule has 10 heteroatoms. The Labute approximate surface area is 291 Å². The minimum Gasteiger partial charge on any atom is -0.168 e. The molecule has 3 aromatic carbocycles. The van der Waals surface area contributed by atoms with Crippen LogP contribution in [0.1, 0.15) is 0 Å². The SMILES string of the molecule is Brc1ccc(Br)cc1.C[Si](C)(CC[Si](C)(C)c1ccc(Br)cc1)c1ccc(Br)cc1.C[Si](C)(Cl)CC[Si](C)(C)Cl. The molecular weight excluding hydrogens is 863 g/mol. The van der Waals surface area contributed by atoms with Crippen molar-refractivity contribution in [3.8, 4) is 0 Å². The van der Waals surface area contributed by atoms with Gasteiger partial charge in [-0.25, -0.2) is 0 Å². The number of halogens is 6. The zero-order chi connectivity index (χ0) is 30.8. The first-order valence-corrected chi connectivity index (χ1v) is 31.5.